The average molecular weight is 272 g/mol. The van der Waals surface area contributed by atoms with E-state index in [-0.39, 0.29) is 11.7 Å². The normalized spacial score (nSPS) is 13.2. The van der Waals surface area contributed by atoms with Crippen molar-refractivity contribution in [3.8, 4) is 0 Å². The molecule has 0 aliphatic carbocycles. The number of anilines is 1. The highest BCUT2D eigenvalue weighted by Gasteiger charge is 2.18. The summed E-state index contributed by atoms with van der Waals surface area (Å²) in [5.41, 5.74) is 9.05. The average Bonchev–Trinajstić information content (AvgIpc) is 2.77. The number of rotatable bonds is 2. The van der Waals surface area contributed by atoms with Crippen LogP contribution in [0.5, 0.6) is 0 Å². The molecule has 2 heterocycles. The van der Waals surface area contributed by atoms with Gasteiger partial charge >= 0.3 is 0 Å². The zero-order chi connectivity index (χ0) is 14.4. The maximum atomic E-state index is 13.6. The summed E-state index contributed by atoms with van der Waals surface area (Å²) < 4.78 is 15.5. The van der Waals surface area contributed by atoms with Crippen LogP contribution in [0.25, 0.3) is 16.6 Å². The Morgan fingerprint density at radius 2 is 2.10 bits per heavy atom. The fourth-order valence-electron chi connectivity index (χ4n) is 2.56. The predicted molar refractivity (Wildman–Crippen MR) is 78.3 cm³/mol. The van der Waals surface area contributed by atoms with E-state index in [1.165, 1.54) is 12.1 Å². The van der Waals surface area contributed by atoms with Crippen LogP contribution in [0.2, 0.25) is 0 Å². The van der Waals surface area contributed by atoms with Gasteiger partial charge in [-0.05, 0) is 25.5 Å². The van der Waals surface area contributed by atoms with E-state index in [1.54, 1.807) is 6.07 Å². The monoisotopic (exact) mass is 272 g/mol. The first kappa shape index (κ1) is 12.8. The topological polar surface area (TPSA) is 56.2 Å². The van der Waals surface area contributed by atoms with Gasteiger partial charge in [-0.2, -0.15) is 0 Å². The lowest BCUT2D eigenvalue weighted by atomic mass is 10.1. The largest absolute Gasteiger partial charge is 0.382 e. The summed E-state index contributed by atoms with van der Waals surface area (Å²) in [5.74, 6) is 1.32. The molecule has 104 valence electrons. The van der Waals surface area contributed by atoms with Gasteiger partial charge in [0.15, 0.2) is 0 Å². The molecule has 1 unspecified atom stereocenters. The number of hydrogen-bond acceptors (Lipinski definition) is 3. The van der Waals surface area contributed by atoms with Crippen molar-refractivity contribution in [3.63, 3.8) is 0 Å². The smallest absolute Gasteiger partial charge is 0.150 e. The Morgan fingerprint density at radius 3 is 2.80 bits per heavy atom. The van der Waals surface area contributed by atoms with Gasteiger partial charge in [0, 0.05) is 12.0 Å². The molecule has 5 heteroatoms. The fourth-order valence-corrected chi connectivity index (χ4v) is 2.56. The molecule has 4 nitrogen and oxygen atoms in total. The summed E-state index contributed by atoms with van der Waals surface area (Å²) in [5, 5.41) is 0. The molecule has 0 spiro atoms. The highest BCUT2D eigenvalue weighted by Crippen LogP contribution is 2.29. The van der Waals surface area contributed by atoms with E-state index in [0.717, 1.165) is 23.5 Å². The molecule has 0 aliphatic rings. The first-order valence-corrected chi connectivity index (χ1v) is 6.76. The molecule has 2 aromatic heterocycles. The van der Waals surface area contributed by atoms with Crippen LogP contribution in [0.3, 0.4) is 0 Å². The molecule has 0 fully saturated rings. The minimum Gasteiger partial charge on any atom is -0.382 e. The number of aromatic nitrogens is 3. The Labute approximate surface area is 116 Å². The van der Waals surface area contributed by atoms with E-state index in [1.807, 2.05) is 11.3 Å². The van der Waals surface area contributed by atoms with Crippen LogP contribution < -0.4 is 5.73 Å². The number of benzene rings is 1. The van der Waals surface area contributed by atoms with Crippen LogP contribution in [-0.4, -0.2) is 14.4 Å². The Morgan fingerprint density at radius 1 is 1.35 bits per heavy atom. The molecule has 3 rings (SSSR count). The van der Waals surface area contributed by atoms with Gasteiger partial charge in [-0.3, -0.25) is 4.40 Å². The number of fused-ring (bicyclic) bond motifs is 3. The van der Waals surface area contributed by atoms with Crippen molar-refractivity contribution in [1.82, 2.24) is 14.4 Å². The second kappa shape index (κ2) is 4.44. The lowest BCUT2D eigenvalue weighted by molar-refractivity contribution is 0.628. The summed E-state index contributed by atoms with van der Waals surface area (Å²) >= 11 is 0. The molecule has 0 bridgehead atoms. The SMILES string of the molecule is CCC(C)c1nc(C)c2c(N)nc3ccc(F)cc3n12. The minimum atomic E-state index is -0.285. The zero-order valence-corrected chi connectivity index (χ0v) is 11.8. The summed E-state index contributed by atoms with van der Waals surface area (Å²) in [4.78, 5) is 8.98. The van der Waals surface area contributed by atoms with Gasteiger partial charge in [-0.1, -0.05) is 13.8 Å². The van der Waals surface area contributed by atoms with Crippen LogP contribution >= 0.6 is 0 Å². The molecule has 3 aromatic rings. The zero-order valence-electron chi connectivity index (χ0n) is 11.8. The molecular formula is C15H17FN4. The van der Waals surface area contributed by atoms with Gasteiger partial charge < -0.3 is 5.73 Å². The van der Waals surface area contributed by atoms with Gasteiger partial charge in [0.1, 0.15) is 23.0 Å². The van der Waals surface area contributed by atoms with Crippen molar-refractivity contribution < 1.29 is 4.39 Å². The number of hydrogen-bond donors (Lipinski definition) is 1. The van der Waals surface area contributed by atoms with Crippen LogP contribution in [0.15, 0.2) is 18.2 Å². The molecule has 1 atom stereocenters. The number of aryl methyl sites for hydroxylation is 1. The quantitative estimate of drug-likeness (QED) is 0.777. The fraction of sp³-hybridized carbons (Fsp3) is 0.333. The van der Waals surface area contributed by atoms with E-state index in [2.05, 4.69) is 23.8 Å². The van der Waals surface area contributed by atoms with Crippen molar-refractivity contribution in [1.29, 1.82) is 0 Å². The third-order valence-electron chi connectivity index (χ3n) is 3.79. The first-order chi connectivity index (χ1) is 9.52. The van der Waals surface area contributed by atoms with Crippen LogP contribution in [-0.2, 0) is 0 Å². The highest BCUT2D eigenvalue weighted by atomic mass is 19.1. The molecule has 0 saturated carbocycles. The first-order valence-electron chi connectivity index (χ1n) is 6.76. The van der Waals surface area contributed by atoms with E-state index >= 15 is 0 Å². The Bertz CT molecular complexity index is 807. The van der Waals surface area contributed by atoms with Crippen molar-refractivity contribution in [2.45, 2.75) is 33.1 Å². The number of nitrogens with two attached hydrogens (primary N) is 1. The lowest BCUT2D eigenvalue weighted by Gasteiger charge is -2.11. The van der Waals surface area contributed by atoms with Crippen molar-refractivity contribution in [3.05, 3.63) is 35.5 Å². The van der Waals surface area contributed by atoms with Gasteiger partial charge in [0.25, 0.3) is 0 Å². The lowest BCUT2D eigenvalue weighted by Crippen LogP contribution is -2.04. The standard InChI is InChI=1S/C15H17FN4/c1-4-8(2)15-18-9(3)13-14(17)19-11-6-5-10(16)7-12(11)20(13)15/h5-8H,4H2,1-3H3,(H2,17,19). The van der Waals surface area contributed by atoms with Crippen LogP contribution in [0, 0.1) is 12.7 Å². The molecule has 0 radical (unpaired) electrons. The number of nitrogens with zero attached hydrogens (tertiary/aromatic N) is 3. The third-order valence-corrected chi connectivity index (χ3v) is 3.79. The molecule has 2 N–H and O–H groups in total. The van der Waals surface area contributed by atoms with Gasteiger partial charge in [-0.15, -0.1) is 0 Å². The van der Waals surface area contributed by atoms with Crippen molar-refractivity contribution in [2.75, 3.05) is 5.73 Å². The number of nitrogen functional groups attached to an aromatic ring is 1. The minimum absolute atomic E-state index is 0.268. The molecule has 0 saturated heterocycles. The maximum Gasteiger partial charge on any atom is 0.150 e. The summed E-state index contributed by atoms with van der Waals surface area (Å²) in [6.07, 6.45) is 0.956. The van der Waals surface area contributed by atoms with E-state index < -0.39 is 0 Å². The highest BCUT2D eigenvalue weighted by molar-refractivity contribution is 5.85. The van der Waals surface area contributed by atoms with E-state index in [9.17, 15) is 4.39 Å². The number of halogens is 1. The van der Waals surface area contributed by atoms with Gasteiger partial charge in [0.2, 0.25) is 0 Å². The van der Waals surface area contributed by atoms with E-state index in [4.69, 9.17) is 5.73 Å². The number of imidazole rings is 1. The molecular weight excluding hydrogens is 255 g/mol. The third kappa shape index (κ3) is 1.73. The van der Waals surface area contributed by atoms with Gasteiger partial charge in [-0.25, -0.2) is 14.4 Å². The summed E-state index contributed by atoms with van der Waals surface area (Å²) in [6.45, 7) is 6.12. The van der Waals surface area contributed by atoms with Crippen molar-refractivity contribution in [2.24, 2.45) is 0 Å². The summed E-state index contributed by atoms with van der Waals surface area (Å²) in [7, 11) is 0. The van der Waals surface area contributed by atoms with Gasteiger partial charge in [0.05, 0.1) is 16.7 Å². The molecule has 20 heavy (non-hydrogen) atoms. The summed E-state index contributed by atoms with van der Waals surface area (Å²) in [6, 6.07) is 4.53. The van der Waals surface area contributed by atoms with Crippen molar-refractivity contribution >= 4 is 22.4 Å². The van der Waals surface area contributed by atoms with Crippen LogP contribution in [0.4, 0.5) is 10.2 Å². The Balaban J connectivity index is 2.53. The molecule has 1 aromatic carbocycles. The maximum absolute atomic E-state index is 13.6. The Kier molecular flexibility index (Phi) is 2.85. The Hall–Kier alpha value is -2.17. The second-order valence-electron chi connectivity index (χ2n) is 5.18. The predicted octanol–water partition coefficient (Wildman–Crippen LogP) is 3.43. The molecule has 0 amide bonds. The molecule has 0 aliphatic heterocycles. The van der Waals surface area contributed by atoms with E-state index in [0.29, 0.717) is 16.9 Å². The van der Waals surface area contributed by atoms with Crippen LogP contribution in [0.1, 0.15) is 37.7 Å². The second-order valence-corrected chi connectivity index (χ2v) is 5.18.